The summed E-state index contributed by atoms with van der Waals surface area (Å²) >= 11 is 0. The van der Waals surface area contributed by atoms with Gasteiger partial charge in [-0.25, -0.2) is 4.79 Å². The number of aryl methyl sites for hydroxylation is 2. The second-order valence-electron chi connectivity index (χ2n) is 6.34. The molecule has 0 radical (unpaired) electrons. The molecule has 3 rings (SSSR count). The van der Waals surface area contributed by atoms with Gasteiger partial charge in [0.05, 0.1) is 12.0 Å². The van der Waals surface area contributed by atoms with Gasteiger partial charge in [-0.05, 0) is 49.8 Å². The third-order valence-electron chi connectivity index (χ3n) is 4.63. The second-order valence-corrected chi connectivity index (χ2v) is 6.34. The van der Waals surface area contributed by atoms with Gasteiger partial charge in [0.1, 0.15) is 5.54 Å². The number of nitriles is 1. The topological polar surface area (TPSA) is 73.2 Å². The van der Waals surface area contributed by atoms with Crippen molar-refractivity contribution in [2.75, 3.05) is 6.54 Å². The standard InChI is InChI=1S/C17H19N3O2/c1-11(9-18)10-20-15(21)17(2,19-16(20)22)14-7-6-12-4-3-5-13(12)8-14/h6-8,11H,3-5,10H2,1-2H3,(H,19,22)/t11-,17+/m1/s1. The van der Waals surface area contributed by atoms with Gasteiger partial charge in [-0.1, -0.05) is 18.2 Å². The van der Waals surface area contributed by atoms with E-state index in [0.29, 0.717) is 0 Å². The van der Waals surface area contributed by atoms with E-state index in [1.54, 1.807) is 13.8 Å². The fourth-order valence-electron chi connectivity index (χ4n) is 3.26. The van der Waals surface area contributed by atoms with Gasteiger partial charge >= 0.3 is 6.03 Å². The number of nitrogens with one attached hydrogen (secondary N) is 1. The lowest BCUT2D eigenvalue weighted by atomic mass is 9.89. The first-order valence-electron chi connectivity index (χ1n) is 7.61. The molecule has 0 bridgehead atoms. The Morgan fingerprint density at radius 2 is 2.09 bits per heavy atom. The zero-order valence-corrected chi connectivity index (χ0v) is 12.8. The van der Waals surface area contributed by atoms with E-state index in [-0.39, 0.29) is 18.4 Å². The third kappa shape index (κ3) is 2.16. The lowest BCUT2D eigenvalue weighted by molar-refractivity contribution is -0.131. The molecule has 0 saturated carbocycles. The summed E-state index contributed by atoms with van der Waals surface area (Å²) in [7, 11) is 0. The number of hydrogen-bond donors (Lipinski definition) is 1. The molecule has 22 heavy (non-hydrogen) atoms. The average Bonchev–Trinajstić information content (AvgIpc) is 3.05. The van der Waals surface area contributed by atoms with Crippen molar-refractivity contribution in [1.29, 1.82) is 5.26 Å². The van der Waals surface area contributed by atoms with Crippen LogP contribution in [-0.4, -0.2) is 23.4 Å². The van der Waals surface area contributed by atoms with Crippen molar-refractivity contribution in [3.63, 3.8) is 0 Å². The Labute approximate surface area is 129 Å². The average molecular weight is 297 g/mol. The molecule has 114 valence electrons. The first-order chi connectivity index (χ1) is 10.5. The predicted molar refractivity (Wildman–Crippen MR) is 80.8 cm³/mol. The summed E-state index contributed by atoms with van der Waals surface area (Å²) in [6.07, 6.45) is 3.25. The minimum atomic E-state index is -1.04. The highest BCUT2D eigenvalue weighted by Crippen LogP contribution is 2.32. The molecular weight excluding hydrogens is 278 g/mol. The summed E-state index contributed by atoms with van der Waals surface area (Å²) in [5, 5.41) is 11.7. The van der Waals surface area contributed by atoms with Crippen LogP contribution < -0.4 is 5.32 Å². The van der Waals surface area contributed by atoms with Crippen molar-refractivity contribution in [1.82, 2.24) is 10.2 Å². The quantitative estimate of drug-likeness (QED) is 0.868. The summed E-state index contributed by atoms with van der Waals surface area (Å²) in [6.45, 7) is 3.56. The number of fused-ring (bicyclic) bond motifs is 1. The number of amides is 3. The van der Waals surface area contributed by atoms with E-state index >= 15 is 0 Å². The largest absolute Gasteiger partial charge is 0.325 e. The predicted octanol–water partition coefficient (Wildman–Crippen LogP) is 2.10. The summed E-state index contributed by atoms with van der Waals surface area (Å²) in [5.41, 5.74) is 2.38. The van der Waals surface area contributed by atoms with Gasteiger partial charge in [-0.15, -0.1) is 0 Å². The molecule has 5 nitrogen and oxygen atoms in total. The van der Waals surface area contributed by atoms with E-state index in [2.05, 4.69) is 17.5 Å². The maximum Gasteiger partial charge on any atom is 0.325 e. The molecule has 3 amide bonds. The number of rotatable bonds is 3. The lowest BCUT2D eigenvalue weighted by Crippen LogP contribution is -2.41. The molecule has 5 heteroatoms. The molecule has 0 unspecified atom stereocenters. The van der Waals surface area contributed by atoms with Crippen molar-refractivity contribution in [2.24, 2.45) is 5.92 Å². The summed E-state index contributed by atoms with van der Waals surface area (Å²) in [5.74, 6) is -0.658. The highest BCUT2D eigenvalue weighted by atomic mass is 16.2. The minimum Gasteiger partial charge on any atom is -0.319 e. The van der Waals surface area contributed by atoms with Crippen molar-refractivity contribution in [2.45, 2.75) is 38.6 Å². The maximum atomic E-state index is 12.7. The van der Waals surface area contributed by atoms with Gasteiger partial charge in [0.2, 0.25) is 0 Å². The van der Waals surface area contributed by atoms with E-state index in [9.17, 15) is 9.59 Å². The minimum absolute atomic E-state index is 0.127. The molecule has 1 saturated heterocycles. The van der Waals surface area contributed by atoms with Crippen LogP contribution in [0.15, 0.2) is 18.2 Å². The van der Waals surface area contributed by atoms with Gasteiger partial charge in [0.25, 0.3) is 5.91 Å². The highest BCUT2D eigenvalue weighted by molar-refractivity contribution is 6.07. The first-order valence-corrected chi connectivity index (χ1v) is 7.61. The molecule has 1 aromatic rings. The maximum absolute atomic E-state index is 12.7. The van der Waals surface area contributed by atoms with Crippen LogP contribution in [0.2, 0.25) is 0 Å². The Balaban J connectivity index is 1.92. The van der Waals surface area contributed by atoms with Crippen molar-refractivity contribution < 1.29 is 9.59 Å². The molecule has 2 atom stereocenters. The van der Waals surface area contributed by atoms with Crippen LogP contribution in [0.4, 0.5) is 4.79 Å². The molecule has 0 aromatic heterocycles. The van der Waals surface area contributed by atoms with Crippen molar-refractivity contribution in [3.8, 4) is 6.07 Å². The molecule has 0 spiro atoms. The first kappa shape index (κ1) is 14.6. The van der Waals surface area contributed by atoms with E-state index < -0.39 is 11.6 Å². The number of carbonyl (C=O) groups is 2. The zero-order valence-electron chi connectivity index (χ0n) is 12.8. The fourth-order valence-corrected chi connectivity index (χ4v) is 3.26. The normalized spacial score (nSPS) is 24.9. The highest BCUT2D eigenvalue weighted by Gasteiger charge is 2.49. The van der Waals surface area contributed by atoms with E-state index in [1.165, 1.54) is 11.1 Å². The molecule has 1 aliphatic heterocycles. The molecule has 1 heterocycles. The van der Waals surface area contributed by atoms with Crippen molar-refractivity contribution in [3.05, 3.63) is 34.9 Å². The Hall–Kier alpha value is -2.35. The number of imide groups is 1. The van der Waals surface area contributed by atoms with Gasteiger partial charge < -0.3 is 5.32 Å². The van der Waals surface area contributed by atoms with Crippen LogP contribution in [0.1, 0.15) is 37.0 Å². The Kier molecular flexibility index (Phi) is 3.40. The summed E-state index contributed by atoms with van der Waals surface area (Å²) < 4.78 is 0. The SMILES string of the molecule is C[C@H](C#N)CN1C(=O)N[C@@](C)(c2ccc3c(c2)CCC3)C1=O. The third-order valence-corrected chi connectivity index (χ3v) is 4.63. The number of hydrogen-bond acceptors (Lipinski definition) is 3. The molecule has 1 fully saturated rings. The number of carbonyl (C=O) groups excluding carboxylic acids is 2. The lowest BCUT2D eigenvalue weighted by Gasteiger charge is -2.23. The molecule has 2 aliphatic rings. The smallest absolute Gasteiger partial charge is 0.319 e. The molecule has 1 N–H and O–H groups in total. The van der Waals surface area contributed by atoms with Crippen LogP contribution in [0.25, 0.3) is 0 Å². The number of benzene rings is 1. The number of urea groups is 1. The Morgan fingerprint density at radius 1 is 1.36 bits per heavy atom. The van der Waals surface area contributed by atoms with Crippen LogP contribution in [0.3, 0.4) is 0 Å². The fraction of sp³-hybridized carbons (Fsp3) is 0.471. The number of nitrogens with zero attached hydrogens (tertiary/aromatic N) is 2. The zero-order chi connectivity index (χ0) is 15.9. The van der Waals surface area contributed by atoms with Crippen LogP contribution in [0, 0.1) is 17.2 Å². The molecule has 1 aromatic carbocycles. The van der Waals surface area contributed by atoms with Crippen LogP contribution in [0.5, 0.6) is 0 Å². The molecule has 1 aliphatic carbocycles. The van der Waals surface area contributed by atoms with Gasteiger partial charge in [0.15, 0.2) is 0 Å². The van der Waals surface area contributed by atoms with Crippen LogP contribution in [-0.2, 0) is 23.2 Å². The summed E-state index contributed by atoms with van der Waals surface area (Å²) in [4.78, 5) is 26.0. The van der Waals surface area contributed by atoms with E-state index in [1.807, 2.05) is 12.1 Å². The van der Waals surface area contributed by atoms with Crippen molar-refractivity contribution >= 4 is 11.9 Å². The summed E-state index contributed by atoms with van der Waals surface area (Å²) in [6, 6.07) is 7.67. The van der Waals surface area contributed by atoms with E-state index in [0.717, 1.165) is 29.7 Å². The Morgan fingerprint density at radius 3 is 2.82 bits per heavy atom. The molecular formula is C17H19N3O2. The monoisotopic (exact) mass is 297 g/mol. The van der Waals surface area contributed by atoms with Gasteiger partial charge in [-0.2, -0.15) is 5.26 Å². The Bertz CT molecular complexity index is 692. The second kappa shape index (κ2) is 5.13. The van der Waals surface area contributed by atoms with E-state index in [4.69, 9.17) is 5.26 Å². The van der Waals surface area contributed by atoms with Gasteiger partial charge in [0, 0.05) is 6.54 Å². The van der Waals surface area contributed by atoms with Gasteiger partial charge in [-0.3, -0.25) is 9.69 Å². The van der Waals surface area contributed by atoms with Crippen LogP contribution >= 0.6 is 0 Å².